The number of alkyl halides is 3. The topological polar surface area (TPSA) is 71.0 Å². The van der Waals surface area contributed by atoms with Gasteiger partial charge in [-0.25, -0.2) is 4.98 Å². The first-order valence-corrected chi connectivity index (χ1v) is 8.70. The SMILES string of the molecule is O=C(NC1CCN(c2ccc(C(F)(F)F)cn2)C1)c1ccc2nccnc2c1. The summed E-state index contributed by atoms with van der Waals surface area (Å²) in [4.78, 5) is 26.7. The van der Waals surface area contributed by atoms with Crippen LogP contribution in [0, 0.1) is 0 Å². The van der Waals surface area contributed by atoms with E-state index in [1.165, 1.54) is 6.07 Å². The Morgan fingerprint density at radius 1 is 1.07 bits per heavy atom. The second-order valence-electron chi connectivity index (χ2n) is 6.57. The van der Waals surface area contributed by atoms with Gasteiger partial charge in [-0.2, -0.15) is 13.2 Å². The molecule has 3 aromatic rings. The van der Waals surface area contributed by atoms with E-state index in [0.29, 0.717) is 41.9 Å². The third kappa shape index (κ3) is 3.73. The van der Waals surface area contributed by atoms with Gasteiger partial charge in [0.25, 0.3) is 5.91 Å². The van der Waals surface area contributed by atoms with E-state index in [1.54, 1.807) is 30.6 Å². The summed E-state index contributed by atoms with van der Waals surface area (Å²) in [5.74, 6) is 0.241. The summed E-state index contributed by atoms with van der Waals surface area (Å²) in [5.41, 5.74) is 1.05. The number of pyridine rings is 1. The molecule has 144 valence electrons. The number of anilines is 1. The Morgan fingerprint density at radius 3 is 2.57 bits per heavy atom. The molecule has 1 amide bonds. The molecular formula is C19H16F3N5O. The minimum Gasteiger partial charge on any atom is -0.354 e. The van der Waals surface area contributed by atoms with E-state index in [4.69, 9.17) is 0 Å². The van der Waals surface area contributed by atoms with E-state index < -0.39 is 11.7 Å². The highest BCUT2D eigenvalue weighted by Gasteiger charge is 2.31. The number of carbonyl (C=O) groups is 1. The van der Waals surface area contributed by atoms with Gasteiger partial charge in [0, 0.05) is 43.3 Å². The fourth-order valence-corrected chi connectivity index (χ4v) is 3.20. The second kappa shape index (κ2) is 7.06. The third-order valence-corrected chi connectivity index (χ3v) is 4.65. The molecule has 9 heteroatoms. The Kier molecular flexibility index (Phi) is 4.58. The number of rotatable bonds is 3. The van der Waals surface area contributed by atoms with Crippen LogP contribution in [0.1, 0.15) is 22.3 Å². The maximum absolute atomic E-state index is 12.7. The Bertz CT molecular complexity index is 1010. The molecule has 1 saturated heterocycles. The molecule has 4 rings (SSSR count). The van der Waals surface area contributed by atoms with E-state index in [1.807, 2.05) is 4.90 Å². The highest BCUT2D eigenvalue weighted by Crippen LogP contribution is 2.30. The van der Waals surface area contributed by atoms with Crippen molar-refractivity contribution in [2.75, 3.05) is 18.0 Å². The van der Waals surface area contributed by atoms with Crippen molar-refractivity contribution in [3.8, 4) is 0 Å². The quantitative estimate of drug-likeness (QED) is 0.748. The maximum Gasteiger partial charge on any atom is 0.417 e. The Balaban J connectivity index is 1.40. The normalized spacial score (nSPS) is 17.1. The van der Waals surface area contributed by atoms with Gasteiger partial charge in [0.1, 0.15) is 5.82 Å². The lowest BCUT2D eigenvalue weighted by Crippen LogP contribution is -2.37. The number of benzene rings is 1. The van der Waals surface area contributed by atoms with E-state index in [2.05, 4.69) is 20.3 Å². The van der Waals surface area contributed by atoms with Crippen LogP contribution < -0.4 is 10.2 Å². The van der Waals surface area contributed by atoms with Gasteiger partial charge in [-0.05, 0) is 36.8 Å². The van der Waals surface area contributed by atoms with Crippen molar-refractivity contribution < 1.29 is 18.0 Å². The van der Waals surface area contributed by atoms with Crippen molar-refractivity contribution in [3.05, 3.63) is 60.0 Å². The van der Waals surface area contributed by atoms with E-state index >= 15 is 0 Å². The second-order valence-corrected chi connectivity index (χ2v) is 6.57. The van der Waals surface area contributed by atoms with Crippen molar-refractivity contribution in [1.82, 2.24) is 20.3 Å². The molecule has 1 unspecified atom stereocenters. The Labute approximate surface area is 158 Å². The van der Waals surface area contributed by atoms with Gasteiger partial charge in [-0.1, -0.05) is 0 Å². The highest BCUT2D eigenvalue weighted by atomic mass is 19.4. The Hall–Kier alpha value is -3.23. The van der Waals surface area contributed by atoms with Crippen LogP contribution in [0.25, 0.3) is 11.0 Å². The zero-order chi connectivity index (χ0) is 19.7. The molecule has 0 aliphatic carbocycles. The minimum absolute atomic E-state index is 0.117. The molecule has 0 bridgehead atoms. The fraction of sp³-hybridized carbons (Fsp3) is 0.263. The van der Waals surface area contributed by atoms with Gasteiger partial charge in [-0.15, -0.1) is 0 Å². The predicted molar refractivity (Wildman–Crippen MR) is 96.9 cm³/mol. The summed E-state index contributed by atoms with van der Waals surface area (Å²) in [6.07, 6.45) is 0.261. The predicted octanol–water partition coefficient (Wildman–Crippen LogP) is 3.05. The van der Waals surface area contributed by atoms with Crippen molar-refractivity contribution in [2.45, 2.75) is 18.6 Å². The van der Waals surface area contributed by atoms with Gasteiger partial charge < -0.3 is 10.2 Å². The Morgan fingerprint density at radius 2 is 1.86 bits per heavy atom. The third-order valence-electron chi connectivity index (χ3n) is 4.65. The van der Waals surface area contributed by atoms with Gasteiger partial charge in [-0.3, -0.25) is 14.8 Å². The van der Waals surface area contributed by atoms with E-state index in [-0.39, 0.29) is 11.9 Å². The van der Waals surface area contributed by atoms with E-state index in [0.717, 1.165) is 12.3 Å². The molecule has 2 aromatic heterocycles. The van der Waals surface area contributed by atoms with Crippen molar-refractivity contribution in [2.24, 2.45) is 0 Å². The van der Waals surface area contributed by atoms with Gasteiger partial charge >= 0.3 is 6.18 Å². The number of hydrogen-bond acceptors (Lipinski definition) is 5. The largest absolute Gasteiger partial charge is 0.417 e. The zero-order valence-electron chi connectivity index (χ0n) is 14.6. The highest BCUT2D eigenvalue weighted by molar-refractivity contribution is 5.97. The number of nitrogens with zero attached hydrogens (tertiary/aromatic N) is 4. The smallest absolute Gasteiger partial charge is 0.354 e. The lowest BCUT2D eigenvalue weighted by Gasteiger charge is -2.18. The molecule has 1 fully saturated rings. The first-order valence-electron chi connectivity index (χ1n) is 8.70. The average Bonchev–Trinajstić information content (AvgIpc) is 3.15. The molecule has 1 aliphatic heterocycles. The van der Waals surface area contributed by atoms with Gasteiger partial charge in [0.15, 0.2) is 0 Å². The summed E-state index contributed by atoms with van der Waals surface area (Å²) in [6.45, 7) is 1.09. The monoisotopic (exact) mass is 387 g/mol. The number of amides is 1. The molecule has 0 radical (unpaired) electrons. The molecule has 6 nitrogen and oxygen atoms in total. The van der Waals surface area contributed by atoms with Crippen molar-refractivity contribution in [3.63, 3.8) is 0 Å². The number of carbonyl (C=O) groups excluding carboxylic acids is 1. The summed E-state index contributed by atoms with van der Waals surface area (Å²) in [6, 6.07) is 7.37. The molecule has 3 heterocycles. The van der Waals surface area contributed by atoms with Crippen LogP contribution in [0.5, 0.6) is 0 Å². The summed E-state index contributed by atoms with van der Waals surface area (Å²) >= 11 is 0. The molecule has 1 aliphatic rings. The number of aromatic nitrogens is 3. The molecular weight excluding hydrogens is 371 g/mol. The zero-order valence-corrected chi connectivity index (χ0v) is 14.6. The maximum atomic E-state index is 12.7. The van der Waals surface area contributed by atoms with Crippen molar-refractivity contribution in [1.29, 1.82) is 0 Å². The summed E-state index contributed by atoms with van der Waals surface area (Å²) in [7, 11) is 0. The molecule has 0 spiro atoms. The van der Waals surface area contributed by atoms with Crippen molar-refractivity contribution >= 4 is 22.8 Å². The molecule has 28 heavy (non-hydrogen) atoms. The van der Waals surface area contributed by atoms with Crippen LogP contribution >= 0.6 is 0 Å². The first kappa shape index (κ1) is 18.1. The van der Waals surface area contributed by atoms with Crippen LogP contribution in [0.3, 0.4) is 0 Å². The van der Waals surface area contributed by atoms with E-state index in [9.17, 15) is 18.0 Å². The molecule has 1 aromatic carbocycles. The lowest BCUT2D eigenvalue weighted by molar-refractivity contribution is -0.137. The minimum atomic E-state index is -4.41. The van der Waals surface area contributed by atoms with Crippen LogP contribution in [-0.4, -0.2) is 40.0 Å². The van der Waals surface area contributed by atoms with Crippen LogP contribution in [0.4, 0.5) is 19.0 Å². The lowest BCUT2D eigenvalue weighted by atomic mass is 10.1. The summed E-state index contributed by atoms with van der Waals surface area (Å²) in [5, 5.41) is 2.96. The molecule has 1 N–H and O–H groups in total. The number of nitrogens with one attached hydrogen (secondary N) is 1. The van der Waals surface area contributed by atoms with Crippen LogP contribution in [0.15, 0.2) is 48.9 Å². The standard InChI is InChI=1S/C19H16F3N5O/c20-19(21,22)13-2-4-17(25-10-13)27-8-5-14(11-27)26-18(28)12-1-3-15-16(9-12)24-7-6-23-15/h1-4,6-7,9-10,14H,5,8,11H2,(H,26,28). The fourth-order valence-electron chi connectivity index (χ4n) is 3.20. The number of halogens is 3. The molecule has 0 saturated carbocycles. The van der Waals surface area contributed by atoms with Crippen LogP contribution in [-0.2, 0) is 6.18 Å². The average molecular weight is 387 g/mol. The van der Waals surface area contributed by atoms with Gasteiger partial charge in [0.05, 0.1) is 16.6 Å². The number of fused-ring (bicyclic) bond motifs is 1. The molecule has 1 atom stereocenters. The number of hydrogen-bond donors (Lipinski definition) is 1. The van der Waals surface area contributed by atoms with Gasteiger partial charge in [0.2, 0.25) is 0 Å². The van der Waals surface area contributed by atoms with Crippen LogP contribution in [0.2, 0.25) is 0 Å². The first-order chi connectivity index (χ1) is 13.4. The summed E-state index contributed by atoms with van der Waals surface area (Å²) < 4.78 is 38.0.